The molecule has 1 aliphatic rings. The van der Waals surface area contributed by atoms with Crippen LogP contribution in [0.3, 0.4) is 0 Å². The van der Waals surface area contributed by atoms with Crippen molar-refractivity contribution in [1.29, 1.82) is 5.26 Å². The fourth-order valence-corrected chi connectivity index (χ4v) is 2.36. The van der Waals surface area contributed by atoms with Crippen molar-refractivity contribution < 1.29 is 4.39 Å². The fourth-order valence-electron chi connectivity index (χ4n) is 2.36. The van der Waals surface area contributed by atoms with E-state index in [9.17, 15) is 4.39 Å². The maximum absolute atomic E-state index is 13.6. The van der Waals surface area contributed by atoms with Gasteiger partial charge in [-0.15, -0.1) is 0 Å². The minimum absolute atomic E-state index is 0.302. The summed E-state index contributed by atoms with van der Waals surface area (Å²) in [5.74, 6) is -0.302. The Morgan fingerprint density at radius 3 is 2.89 bits per heavy atom. The normalized spacial score (nSPS) is 14.8. The zero-order chi connectivity index (χ0) is 13.5. The standard InChI is InChI=1S/C16H19FN2/c17-16-10-14(11-18)6-7-15(16)12-19-9-8-13-4-2-1-3-5-13/h4,6-7,10,19H,1-3,5,8-9,12H2. The minimum Gasteiger partial charge on any atom is -0.312 e. The zero-order valence-electron chi connectivity index (χ0n) is 11.1. The first-order valence-corrected chi connectivity index (χ1v) is 6.87. The van der Waals surface area contributed by atoms with Gasteiger partial charge in [-0.05, 0) is 50.8 Å². The van der Waals surface area contributed by atoms with Gasteiger partial charge in [0.05, 0.1) is 11.6 Å². The van der Waals surface area contributed by atoms with Crippen LogP contribution in [0.1, 0.15) is 43.2 Å². The summed E-state index contributed by atoms with van der Waals surface area (Å²) in [4.78, 5) is 0. The van der Waals surface area contributed by atoms with Crippen LogP contribution in [0.15, 0.2) is 29.8 Å². The van der Waals surface area contributed by atoms with Crippen LogP contribution in [0.25, 0.3) is 0 Å². The Morgan fingerprint density at radius 2 is 2.21 bits per heavy atom. The first-order chi connectivity index (χ1) is 9.29. The van der Waals surface area contributed by atoms with Crippen LogP contribution in [0.5, 0.6) is 0 Å². The van der Waals surface area contributed by atoms with E-state index in [1.807, 2.05) is 6.07 Å². The number of allylic oxidation sites excluding steroid dienone is 1. The van der Waals surface area contributed by atoms with Gasteiger partial charge in [0.2, 0.25) is 0 Å². The van der Waals surface area contributed by atoms with E-state index in [1.165, 1.54) is 37.3 Å². The highest BCUT2D eigenvalue weighted by molar-refractivity contribution is 5.32. The van der Waals surface area contributed by atoms with Gasteiger partial charge in [-0.1, -0.05) is 17.7 Å². The lowest BCUT2D eigenvalue weighted by atomic mass is 9.97. The van der Waals surface area contributed by atoms with Crippen LogP contribution in [-0.2, 0) is 6.54 Å². The average molecular weight is 258 g/mol. The van der Waals surface area contributed by atoms with Gasteiger partial charge >= 0.3 is 0 Å². The molecule has 1 N–H and O–H groups in total. The highest BCUT2D eigenvalue weighted by Crippen LogP contribution is 2.19. The molecule has 0 radical (unpaired) electrons. The van der Waals surface area contributed by atoms with Gasteiger partial charge < -0.3 is 5.32 Å². The number of rotatable bonds is 5. The van der Waals surface area contributed by atoms with Gasteiger partial charge in [-0.3, -0.25) is 0 Å². The first-order valence-electron chi connectivity index (χ1n) is 6.87. The Labute approximate surface area is 113 Å². The molecule has 1 aromatic rings. The average Bonchev–Trinajstić information content (AvgIpc) is 2.46. The summed E-state index contributed by atoms with van der Waals surface area (Å²) in [6.07, 6.45) is 8.43. The van der Waals surface area contributed by atoms with Crippen LogP contribution in [0, 0.1) is 17.1 Å². The molecule has 0 aromatic heterocycles. The zero-order valence-corrected chi connectivity index (χ0v) is 11.1. The second-order valence-electron chi connectivity index (χ2n) is 4.95. The van der Waals surface area contributed by atoms with Crippen molar-refractivity contribution >= 4 is 0 Å². The quantitative estimate of drug-likeness (QED) is 0.646. The molecule has 2 nitrogen and oxygen atoms in total. The summed E-state index contributed by atoms with van der Waals surface area (Å²) < 4.78 is 13.6. The summed E-state index contributed by atoms with van der Waals surface area (Å²) in [5.41, 5.74) is 2.52. The van der Waals surface area contributed by atoms with Crippen LogP contribution in [0.4, 0.5) is 4.39 Å². The molecule has 2 rings (SSSR count). The van der Waals surface area contributed by atoms with E-state index in [0.29, 0.717) is 17.7 Å². The van der Waals surface area contributed by atoms with E-state index in [1.54, 1.807) is 12.1 Å². The van der Waals surface area contributed by atoms with Crippen LogP contribution >= 0.6 is 0 Å². The predicted molar refractivity (Wildman–Crippen MR) is 74.0 cm³/mol. The molecule has 0 fully saturated rings. The van der Waals surface area contributed by atoms with Crippen molar-refractivity contribution in [2.45, 2.75) is 38.6 Å². The van der Waals surface area contributed by atoms with E-state index < -0.39 is 0 Å². The first kappa shape index (κ1) is 13.8. The summed E-state index contributed by atoms with van der Waals surface area (Å²) in [5, 5.41) is 11.9. The minimum atomic E-state index is -0.302. The second kappa shape index (κ2) is 7.06. The molecule has 1 aromatic carbocycles. The van der Waals surface area contributed by atoms with Gasteiger partial charge in [0.1, 0.15) is 5.82 Å². The van der Waals surface area contributed by atoms with Gasteiger partial charge in [-0.2, -0.15) is 5.26 Å². The highest BCUT2D eigenvalue weighted by Gasteiger charge is 2.05. The van der Waals surface area contributed by atoms with Gasteiger partial charge in [0, 0.05) is 12.1 Å². The maximum Gasteiger partial charge on any atom is 0.129 e. The lowest BCUT2D eigenvalue weighted by Crippen LogP contribution is -2.16. The Kier molecular flexibility index (Phi) is 5.11. The van der Waals surface area contributed by atoms with Crippen molar-refractivity contribution in [3.63, 3.8) is 0 Å². The third-order valence-corrected chi connectivity index (χ3v) is 3.51. The summed E-state index contributed by atoms with van der Waals surface area (Å²) in [7, 11) is 0. The molecule has 19 heavy (non-hydrogen) atoms. The number of nitrogens with zero attached hydrogens (tertiary/aromatic N) is 1. The monoisotopic (exact) mass is 258 g/mol. The molecule has 0 unspecified atom stereocenters. The SMILES string of the molecule is N#Cc1ccc(CNCCC2=CCCCC2)c(F)c1. The Hall–Kier alpha value is -1.66. The number of benzene rings is 1. The van der Waals surface area contributed by atoms with Crippen molar-refractivity contribution in [2.75, 3.05) is 6.54 Å². The van der Waals surface area contributed by atoms with Gasteiger partial charge in [0.15, 0.2) is 0 Å². The molecule has 3 heteroatoms. The molecule has 0 amide bonds. The lowest BCUT2D eigenvalue weighted by molar-refractivity contribution is 0.582. The Bertz CT molecular complexity index is 500. The fraction of sp³-hybridized carbons (Fsp3) is 0.438. The molecule has 0 saturated heterocycles. The van der Waals surface area contributed by atoms with E-state index in [0.717, 1.165) is 13.0 Å². The largest absolute Gasteiger partial charge is 0.312 e. The number of nitrogens with one attached hydrogen (secondary N) is 1. The summed E-state index contributed by atoms with van der Waals surface area (Å²) in [6.45, 7) is 1.40. The third kappa shape index (κ3) is 4.18. The Morgan fingerprint density at radius 1 is 1.32 bits per heavy atom. The van der Waals surface area contributed by atoms with Crippen molar-refractivity contribution in [1.82, 2.24) is 5.32 Å². The smallest absolute Gasteiger partial charge is 0.129 e. The van der Waals surface area contributed by atoms with Crippen LogP contribution in [0.2, 0.25) is 0 Å². The van der Waals surface area contributed by atoms with Crippen molar-refractivity contribution in [3.8, 4) is 6.07 Å². The van der Waals surface area contributed by atoms with Gasteiger partial charge in [-0.25, -0.2) is 4.39 Å². The number of nitriles is 1. The van der Waals surface area contributed by atoms with Crippen molar-refractivity contribution in [3.05, 3.63) is 46.8 Å². The van der Waals surface area contributed by atoms with E-state index in [2.05, 4.69) is 11.4 Å². The number of halogens is 1. The third-order valence-electron chi connectivity index (χ3n) is 3.51. The molecule has 0 aliphatic heterocycles. The van der Waals surface area contributed by atoms with Crippen molar-refractivity contribution in [2.24, 2.45) is 0 Å². The lowest BCUT2D eigenvalue weighted by Gasteiger charge is -2.13. The van der Waals surface area contributed by atoms with Crippen LogP contribution in [-0.4, -0.2) is 6.54 Å². The maximum atomic E-state index is 13.6. The van der Waals surface area contributed by atoms with Crippen LogP contribution < -0.4 is 5.32 Å². The molecule has 0 saturated carbocycles. The molecule has 0 heterocycles. The van der Waals surface area contributed by atoms with E-state index in [-0.39, 0.29) is 5.82 Å². The molecular weight excluding hydrogens is 239 g/mol. The van der Waals surface area contributed by atoms with Gasteiger partial charge in [0.25, 0.3) is 0 Å². The summed E-state index contributed by atoms with van der Waals surface area (Å²) in [6, 6.07) is 6.57. The predicted octanol–water partition coefficient (Wildman–Crippen LogP) is 3.68. The number of hydrogen-bond acceptors (Lipinski definition) is 2. The van der Waals surface area contributed by atoms with E-state index >= 15 is 0 Å². The molecule has 1 aliphatic carbocycles. The highest BCUT2D eigenvalue weighted by atomic mass is 19.1. The number of hydrogen-bond donors (Lipinski definition) is 1. The molecule has 0 spiro atoms. The molecular formula is C16H19FN2. The second-order valence-corrected chi connectivity index (χ2v) is 4.95. The molecule has 100 valence electrons. The Balaban J connectivity index is 1.76. The topological polar surface area (TPSA) is 35.8 Å². The summed E-state index contributed by atoms with van der Waals surface area (Å²) >= 11 is 0. The molecule has 0 atom stereocenters. The van der Waals surface area contributed by atoms with E-state index in [4.69, 9.17) is 5.26 Å². The molecule has 0 bridgehead atoms.